The number of halogens is 3. The summed E-state index contributed by atoms with van der Waals surface area (Å²) in [5.74, 6) is 0.357. The highest BCUT2D eigenvalue weighted by Crippen LogP contribution is 2.27. The van der Waals surface area contributed by atoms with Gasteiger partial charge in [0.05, 0.1) is 0 Å². The molecule has 0 aliphatic rings. The smallest absolute Gasteiger partial charge is 0.274 e. The van der Waals surface area contributed by atoms with Crippen molar-refractivity contribution in [1.82, 2.24) is 5.16 Å². The molecule has 0 aromatic carbocycles. The molecule has 1 atom stereocenters. The molecule has 0 aliphatic carbocycles. The first-order valence-electron chi connectivity index (χ1n) is 2.56. The van der Waals surface area contributed by atoms with Crippen molar-refractivity contribution in [1.29, 1.82) is 0 Å². The lowest BCUT2D eigenvalue weighted by Crippen LogP contribution is -1.85. The van der Waals surface area contributed by atoms with E-state index in [0.29, 0.717) is 5.76 Å². The Morgan fingerprint density at radius 2 is 2.45 bits per heavy atom. The molecule has 11 heavy (non-hydrogen) atoms. The fourth-order valence-electron chi connectivity index (χ4n) is 0.485. The Labute approximate surface area is 80.8 Å². The van der Waals surface area contributed by atoms with E-state index >= 15 is 0 Å². The van der Waals surface area contributed by atoms with Crippen LogP contribution in [0.25, 0.3) is 0 Å². The van der Waals surface area contributed by atoms with Crippen molar-refractivity contribution in [3.63, 3.8) is 0 Å². The molecule has 0 aliphatic heterocycles. The zero-order valence-corrected chi connectivity index (χ0v) is 8.15. The summed E-state index contributed by atoms with van der Waals surface area (Å²) in [6, 6.07) is 1.38. The molecule has 0 fully saturated rings. The van der Waals surface area contributed by atoms with Gasteiger partial charge in [0.2, 0.25) is 0 Å². The first-order chi connectivity index (χ1) is 5.11. The normalized spacial score (nSPS) is 13.0. The van der Waals surface area contributed by atoms with E-state index in [1.165, 1.54) is 6.07 Å². The second-order valence-corrected chi connectivity index (χ2v) is 3.91. The molecule has 1 aromatic rings. The zero-order chi connectivity index (χ0) is 8.43. The Balaban J connectivity index is 2.90. The van der Waals surface area contributed by atoms with Crippen LogP contribution in [0.2, 0.25) is 0 Å². The number of carbonyl (C=O) groups is 1. The second kappa shape index (κ2) is 3.56. The van der Waals surface area contributed by atoms with Crippen molar-refractivity contribution in [2.75, 3.05) is 0 Å². The zero-order valence-electron chi connectivity index (χ0n) is 5.05. The van der Waals surface area contributed by atoms with Gasteiger partial charge >= 0.3 is 0 Å². The van der Waals surface area contributed by atoms with E-state index in [1.54, 1.807) is 0 Å². The molecule has 0 spiro atoms. The number of hydrogen-bond donors (Lipinski definition) is 0. The molecular weight excluding hydrogens is 257 g/mol. The largest absolute Gasteiger partial charge is 0.358 e. The maximum Gasteiger partial charge on any atom is 0.274 e. The fourth-order valence-corrected chi connectivity index (χ4v) is 0.892. The maximum atomic E-state index is 10.5. The highest BCUT2D eigenvalue weighted by molar-refractivity contribution is 9.09. The molecule has 60 valence electrons. The summed E-state index contributed by atoms with van der Waals surface area (Å²) < 4.78 is 4.17. The molecule has 0 saturated carbocycles. The number of carbonyl (C=O) groups excluding carboxylic acids is 1. The molecule has 0 N–H and O–H groups in total. The van der Waals surface area contributed by atoms with Crippen LogP contribution in [0.5, 0.6) is 0 Å². The Hall–Kier alpha value is -0.0600. The minimum absolute atomic E-state index is 0.0618. The van der Waals surface area contributed by atoms with Crippen LogP contribution in [0, 0.1) is 0 Å². The van der Waals surface area contributed by atoms with Crippen LogP contribution in [0.1, 0.15) is 20.5 Å². The fraction of sp³-hybridized carbons (Fsp3) is 0.200. The first kappa shape index (κ1) is 9.03. The summed E-state index contributed by atoms with van der Waals surface area (Å²) in [5.41, 5.74) is 0.0618. The predicted octanol–water partition coefficient (Wildman–Crippen LogP) is 2.69. The Morgan fingerprint density at radius 3 is 2.73 bits per heavy atom. The van der Waals surface area contributed by atoms with Crippen LogP contribution in [0.3, 0.4) is 0 Å². The van der Waals surface area contributed by atoms with Gasteiger partial charge in [-0.05, 0) is 11.6 Å². The van der Waals surface area contributed by atoms with Gasteiger partial charge in [0.15, 0.2) is 11.5 Å². The standard InChI is InChI=1S/C5H2BrCl2NO2/c6-4(7)3-1-2(5(8)10)9-11-3/h1,4H. The lowest BCUT2D eigenvalue weighted by atomic mass is 10.4. The molecule has 0 amide bonds. The van der Waals surface area contributed by atoms with Crippen LogP contribution in [0.15, 0.2) is 10.6 Å². The minimum atomic E-state index is -0.662. The van der Waals surface area contributed by atoms with Crippen molar-refractivity contribution in [3.8, 4) is 0 Å². The monoisotopic (exact) mass is 257 g/mol. The van der Waals surface area contributed by atoms with Crippen molar-refractivity contribution in [3.05, 3.63) is 17.5 Å². The van der Waals surface area contributed by atoms with E-state index in [4.69, 9.17) is 23.2 Å². The van der Waals surface area contributed by atoms with Gasteiger partial charge in [0, 0.05) is 6.07 Å². The van der Waals surface area contributed by atoms with Crippen molar-refractivity contribution >= 4 is 44.4 Å². The van der Waals surface area contributed by atoms with E-state index in [9.17, 15) is 4.79 Å². The predicted molar refractivity (Wildman–Crippen MR) is 44.2 cm³/mol. The molecule has 1 aromatic heterocycles. The lowest BCUT2D eigenvalue weighted by molar-refractivity contribution is 0.107. The van der Waals surface area contributed by atoms with E-state index < -0.39 is 9.53 Å². The van der Waals surface area contributed by atoms with Crippen molar-refractivity contribution < 1.29 is 9.32 Å². The average molecular weight is 259 g/mol. The minimum Gasteiger partial charge on any atom is -0.358 e. The van der Waals surface area contributed by atoms with E-state index in [0.717, 1.165) is 0 Å². The topological polar surface area (TPSA) is 43.1 Å². The summed E-state index contributed by atoms with van der Waals surface area (Å²) in [7, 11) is 0. The summed E-state index contributed by atoms with van der Waals surface area (Å²) in [5, 5.41) is 2.70. The molecular formula is C5H2BrCl2NO2. The van der Waals surface area contributed by atoms with Crippen LogP contribution < -0.4 is 0 Å². The van der Waals surface area contributed by atoms with Crippen LogP contribution in [0.4, 0.5) is 0 Å². The average Bonchev–Trinajstić information content (AvgIpc) is 2.33. The Morgan fingerprint density at radius 1 is 1.82 bits per heavy atom. The van der Waals surface area contributed by atoms with Gasteiger partial charge in [-0.3, -0.25) is 4.79 Å². The van der Waals surface area contributed by atoms with Gasteiger partial charge < -0.3 is 4.52 Å². The molecule has 3 nitrogen and oxygen atoms in total. The third kappa shape index (κ3) is 2.18. The third-order valence-electron chi connectivity index (χ3n) is 0.945. The first-order valence-corrected chi connectivity index (χ1v) is 4.29. The molecule has 1 unspecified atom stereocenters. The molecule has 6 heteroatoms. The molecule has 1 heterocycles. The van der Waals surface area contributed by atoms with Gasteiger partial charge in [0.25, 0.3) is 5.24 Å². The molecule has 0 bridgehead atoms. The Bertz CT molecular complexity index is 273. The summed E-state index contributed by atoms with van der Waals surface area (Å²) in [4.78, 5) is 10.5. The van der Waals surface area contributed by atoms with Gasteiger partial charge in [-0.1, -0.05) is 21.1 Å². The summed E-state index contributed by atoms with van der Waals surface area (Å²) >= 11 is 13.7. The number of aromatic nitrogens is 1. The number of nitrogens with zero attached hydrogens (tertiary/aromatic N) is 1. The lowest BCUT2D eigenvalue weighted by Gasteiger charge is -1.88. The molecule has 1 rings (SSSR count). The third-order valence-corrected chi connectivity index (χ3v) is 1.80. The van der Waals surface area contributed by atoms with Crippen molar-refractivity contribution in [2.24, 2.45) is 0 Å². The maximum absolute atomic E-state index is 10.5. The SMILES string of the molecule is O=C(Cl)c1cc(C(Cl)Br)on1. The van der Waals surface area contributed by atoms with Crippen LogP contribution in [-0.2, 0) is 0 Å². The van der Waals surface area contributed by atoms with Crippen molar-refractivity contribution in [2.45, 2.75) is 4.29 Å². The number of hydrogen-bond acceptors (Lipinski definition) is 3. The highest BCUT2D eigenvalue weighted by atomic mass is 79.9. The second-order valence-electron chi connectivity index (χ2n) is 1.69. The van der Waals surface area contributed by atoms with E-state index in [1.807, 2.05) is 0 Å². The van der Waals surface area contributed by atoms with Gasteiger partial charge in [-0.25, -0.2) is 0 Å². The quantitative estimate of drug-likeness (QED) is 0.605. The van der Waals surface area contributed by atoms with Gasteiger partial charge in [-0.15, -0.1) is 11.6 Å². The Kier molecular flexibility index (Phi) is 2.92. The van der Waals surface area contributed by atoms with Gasteiger partial charge in [0.1, 0.15) is 4.29 Å². The van der Waals surface area contributed by atoms with Crippen LogP contribution >= 0.6 is 39.1 Å². The summed E-state index contributed by atoms with van der Waals surface area (Å²) in [6.45, 7) is 0. The molecule has 0 saturated heterocycles. The number of rotatable bonds is 2. The van der Waals surface area contributed by atoms with E-state index in [2.05, 4.69) is 25.6 Å². The molecule has 0 radical (unpaired) electrons. The van der Waals surface area contributed by atoms with E-state index in [-0.39, 0.29) is 5.69 Å². The van der Waals surface area contributed by atoms with Gasteiger partial charge in [-0.2, -0.15) is 0 Å². The highest BCUT2D eigenvalue weighted by Gasteiger charge is 2.13. The number of alkyl halides is 2. The summed E-state index contributed by atoms with van der Waals surface area (Å²) in [6.07, 6.45) is 0. The van der Waals surface area contributed by atoms with Crippen LogP contribution in [-0.4, -0.2) is 10.4 Å².